The van der Waals surface area contributed by atoms with Gasteiger partial charge in [0, 0.05) is 7.05 Å². The molecule has 1 saturated heterocycles. The number of aryl methyl sites for hydroxylation is 1. The van der Waals surface area contributed by atoms with Gasteiger partial charge in [0.15, 0.2) is 0 Å². The smallest absolute Gasteiger partial charge is 0.231 e. The SMILES string of the molecule is Cn1cnc(OC2CCNCC2)c1. The Morgan fingerprint density at radius 2 is 2.31 bits per heavy atom. The molecule has 0 bridgehead atoms. The Labute approximate surface area is 77.9 Å². The van der Waals surface area contributed by atoms with Crippen LogP contribution in [0.1, 0.15) is 12.8 Å². The van der Waals surface area contributed by atoms with Gasteiger partial charge in [-0.2, -0.15) is 0 Å². The Morgan fingerprint density at radius 3 is 2.92 bits per heavy atom. The van der Waals surface area contributed by atoms with Gasteiger partial charge in [-0.25, -0.2) is 4.98 Å². The molecule has 4 nitrogen and oxygen atoms in total. The second-order valence-electron chi connectivity index (χ2n) is 3.44. The van der Waals surface area contributed by atoms with Gasteiger partial charge in [-0.1, -0.05) is 0 Å². The highest BCUT2D eigenvalue weighted by molar-refractivity contribution is 5.03. The van der Waals surface area contributed by atoms with Gasteiger partial charge in [0.05, 0.1) is 12.5 Å². The molecule has 0 unspecified atom stereocenters. The van der Waals surface area contributed by atoms with Crippen molar-refractivity contribution in [3.05, 3.63) is 12.5 Å². The van der Waals surface area contributed by atoms with Crippen molar-refractivity contribution in [1.29, 1.82) is 0 Å². The number of imidazole rings is 1. The Bertz CT molecular complexity index is 266. The van der Waals surface area contributed by atoms with Gasteiger partial charge in [0.2, 0.25) is 5.88 Å². The van der Waals surface area contributed by atoms with Gasteiger partial charge in [0.1, 0.15) is 6.10 Å². The van der Waals surface area contributed by atoms with Crippen LogP contribution >= 0.6 is 0 Å². The number of rotatable bonds is 2. The first-order chi connectivity index (χ1) is 6.34. The van der Waals surface area contributed by atoms with Crippen LogP contribution in [-0.4, -0.2) is 28.7 Å². The van der Waals surface area contributed by atoms with E-state index in [4.69, 9.17) is 4.74 Å². The molecule has 4 heteroatoms. The summed E-state index contributed by atoms with van der Waals surface area (Å²) in [4.78, 5) is 4.13. The highest BCUT2D eigenvalue weighted by Gasteiger charge is 2.14. The lowest BCUT2D eigenvalue weighted by Gasteiger charge is -2.22. The first kappa shape index (κ1) is 8.56. The van der Waals surface area contributed by atoms with E-state index in [2.05, 4.69) is 10.3 Å². The van der Waals surface area contributed by atoms with Gasteiger partial charge >= 0.3 is 0 Å². The molecule has 1 aliphatic heterocycles. The number of nitrogens with zero attached hydrogens (tertiary/aromatic N) is 2. The van der Waals surface area contributed by atoms with Crippen LogP contribution in [0.25, 0.3) is 0 Å². The fourth-order valence-corrected chi connectivity index (χ4v) is 1.53. The third kappa shape index (κ3) is 2.21. The summed E-state index contributed by atoms with van der Waals surface area (Å²) in [5.41, 5.74) is 0. The topological polar surface area (TPSA) is 39.1 Å². The quantitative estimate of drug-likeness (QED) is 0.724. The van der Waals surface area contributed by atoms with E-state index in [1.807, 2.05) is 17.8 Å². The molecule has 2 heterocycles. The minimum atomic E-state index is 0.344. The van der Waals surface area contributed by atoms with Gasteiger partial charge in [-0.15, -0.1) is 0 Å². The number of piperidine rings is 1. The lowest BCUT2D eigenvalue weighted by molar-refractivity contribution is 0.156. The second-order valence-corrected chi connectivity index (χ2v) is 3.44. The molecule has 1 fully saturated rings. The van der Waals surface area contributed by atoms with Crippen molar-refractivity contribution in [2.45, 2.75) is 18.9 Å². The maximum Gasteiger partial charge on any atom is 0.231 e. The summed E-state index contributed by atoms with van der Waals surface area (Å²) in [5, 5.41) is 3.30. The van der Waals surface area contributed by atoms with E-state index in [1.54, 1.807) is 6.33 Å². The molecule has 13 heavy (non-hydrogen) atoms. The Kier molecular flexibility index (Phi) is 2.49. The van der Waals surface area contributed by atoms with Gasteiger partial charge < -0.3 is 14.6 Å². The van der Waals surface area contributed by atoms with E-state index in [0.717, 1.165) is 31.8 Å². The van der Waals surface area contributed by atoms with Crippen LogP contribution in [0.3, 0.4) is 0 Å². The Hall–Kier alpha value is -1.03. The van der Waals surface area contributed by atoms with Crippen LogP contribution in [0.5, 0.6) is 5.88 Å². The van der Waals surface area contributed by atoms with E-state index >= 15 is 0 Å². The van der Waals surface area contributed by atoms with Gasteiger partial charge in [-0.3, -0.25) is 0 Å². The normalized spacial score (nSPS) is 18.8. The molecule has 0 amide bonds. The van der Waals surface area contributed by atoms with Crippen LogP contribution in [0.4, 0.5) is 0 Å². The first-order valence-corrected chi connectivity index (χ1v) is 4.70. The predicted octanol–water partition coefficient (Wildman–Crippen LogP) is 0.551. The molecule has 0 radical (unpaired) electrons. The zero-order valence-electron chi connectivity index (χ0n) is 7.86. The highest BCUT2D eigenvalue weighted by atomic mass is 16.5. The molecule has 0 atom stereocenters. The fourth-order valence-electron chi connectivity index (χ4n) is 1.53. The summed E-state index contributed by atoms with van der Waals surface area (Å²) < 4.78 is 7.60. The number of aromatic nitrogens is 2. The van der Waals surface area contributed by atoms with E-state index in [1.165, 1.54) is 0 Å². The molecule has 1 aromatic rings. The molecule has 0 aromatic carbocycles. The standard InChI is InChI=1S/C9H15N3O/c1-12-6-9(11-7-12)13-8-2-4-10-5-3-8/h6-8,10H,2-5H2,1H3. The molecular formula is C9H15N3O. The summed E-state index contributed by atoms with van der Waals surface area (Å²) in [6, 6.07) is 0. The summed E-state index contributed by atoms with van der Waals surface area (Å²) in [6.07, 6.45) is 6.17. The van der Waals surface area contributed by atoms with Crippen LogP contribution in [0.15, 0.2) is 12.5 Å². The molecule has 72 valence electrons. The number of hydrogen-bond donors (Lipinski definition) is 1. The van der Waals surface area contributed by atoms with Crippen LogP contribution in [0.2, 0.25) is 0 Å². The third-order valence-corrected chi connectivity index (χ3v) is 2.25. The highest BCUT2D eigenvalue weighted by Crippen LogP contribution is 2.12. The molecule has 0 spiro atoms. The Balaban J connectivity index is 1.89. The summed E-state index contributed by atoms with van der Waals surface area (Å²) in [7, 11) is 1.95. The van der Waals surface area contributed by atoms with Crippen molar-refractivity contribution in [3.8, 4) is 5.88 Å². The lowest BCUT2D eigenvalue weighted by atomic mass is 10.1. The molecule has 1 aliphatic rings. The number of ether oxygens (including phenoxy) is 1. The summed E-state index contributed by atoms with van der Waals surface area (Å²) >= 11 is 0. The van der Waals surface area contributed by atoms with Crippen molar-refractivity contribution in [2.75, 3.05) is 13.1 Å². The predicted molar refractivity (Wildman–Crippen MR) is 49.7 cm³/mol. The second kappa shape index (κ2) is 3.79. The van der Waals surface area contributed by atoms with Crippen LogP contribution < -0.4 is 10.1 Å². The summed E-state index contributed by atoms with van der Waals surface area (Å²) in [6.45, 7) is 2.11. The zero-order chi connectivity index (χ0) is 9.10. The largest absolute Gasteiger partial charge is 0.473 e. The first-order valence-electron chi connectivity index (χ1n) is 4.70. The van der Waals surface area contributed by atoms with Gasteiger partial charge in [-0.05, 0) is 25.9 Å². The molecular weight excluding hydrogens is 166 g/mol. The monoisotopic (exact) mass is 181 g/mol. The van der Waals surface area contributed by atoms with Crippen molar-refractivity contribution >= 4 is 0 Å². The molecule has 1 aromatic heterocycles. The minimum absolute atomic E-state index is 0.344. The van der Waals surface area contributed by atoms with E-state index in [-0.39, 0.29) is 0 Å². The number of hydrogen-bond acceptors (Lipinski definition) is 3. The van der Waals surface area contributed by atoms with E-state index < -0.39 is 0 Å². The molecule has 0 saturated carbocycles. The molecule has 1 N–H and O–H groups in total. The van der Waals surface area contributed by atoms with Crippen molar-refractivity contribution in [3.63, 3.8) is 0 Å². The van der Waals surface area contributed by atoms with Crippen LogP contribution in [0, 0.1) is 0 Å². The average molecular weight is 181 g/mol. The maximum absolute atomic E-state index is 5.70. The molecule has 2 rings (SSSR count). The Morgan fingerprint density at radius 1 is 1.54 bits per heavy atom. The van der Waals surface area contributed by atoms with E-state index in [9.17, 15) is 0 Å². The van der Waals surface area contributed by atoms with Crippen LogP contribution in [-0.2, 0) is 7.05 Å². The minimum Gasteiger partial charge on any atom is -0.473 e. The van der Waals surface area contributed by atoms with Crippen molar-refractivity contribution < 1.29 is 4.74 Å². The third-order valence-electron chi connectivity index (χ3n) is 2.25. The van der Waals surface area contributed by atoms with Crippen molar-refractivity contribution in [2.24, 2.45) is 7.05 Å². The van der Waals surface area contributed by atoms with E-state index in [0.29, 0.717) is 6.10 Å². The van der Waals surface area contributed by atoms with Gasteiger partial charge in [0.25, 0.3) is 0 Å². The van der Waals surface area contributed by atoms with Crippen molar-refractivity contribution in [1.82, 2.24) is 14.9 Å². The fraction of sp³-hybridized carbons (Fsp3) is 0.667. The molecule has 0 aliphatic carbocycles. The summed E-state index contributed by atoms with van der Waals surface area (Å²) in [5.74, 6) is 0.745. The number of nitrogens with one attached hydrogen (secondary N) is 1. The maximum atomic E-state index is 5.70. The average Bonchev–Trinajstić information content (AvgIpc) is 2.53. The zero-order valence-corrected chi connectivity index (χ0v) is 7.86. The lowest BCUT2D eigenvalue weighted by Crippen LogP contribution is -2.34.